The number of rotatable bonds is 3. The monoisotopic (exact) mass is 369 g/mol. The molecule has 2 atom stereocenters. The summed E-state index contributed by atoms with van der Waals surface area (Å²) in [6, 6.07) is 4.76. The smallest absolute Gasteiger partial charge is 0.246 e. The molecule has 2 aliphatic heterocycles. The Morgan fingerprint density at radius 1 is 1.33 bits per heavy atom. The van der Waals surface area contributed by atoms with Gasteiger partial charge in [0.2, 0.25) is 11.8 Å². The number of aromatic nitrogens is 1. The van der Waals surface area contributed by atoms with Crippen molar-refractivity contribution < 1.29 is 19.1 Å². The molecule has 2 N–H and O–H groups in total. The predicted molar refractivity (Wildman–Crippen MR) is 98.5 cm³/mol. The normalized spacial score (nSPS) is 26.6. The van der Waals surface area contributed by atoms with E-state index in [-0.39, 0.29) is 17.4 Å². The summed E-state index contributed by atoms with van der Waals surface area (Å²) < 4.78 is 11.3. The number of methoxy groups -OCH3 is 1. The fourth-order valence-electron chi connectivity index (χ4n) is 4.48. The van der Waals surface area contributed by atoms with Gasteiger partial charge >= 0.3 is 0 Å². The molecule has 2 aromatic rings. The molecular weight excluding hydrogens is 346 g/mol. The van der Waals surface area contributed by atoms with Gasteiger partial charge in [-0.05, 0) is 43.0 Å². The van der Waals surface area contributed by atoms with Crippen LogP contribution in [-0.2, 0) is 20.7 Å². The van der Waals surface area contributed by atoms with Crippen LogP contribution in [0.5, 0.6) is 5.75 Å². The Kier molecular flexibility index (Phi) is 3.69. The lowest BCUT2D eigenvalue weighted by molar-refractivity contribution is -0.192. The van der Waals surface area contributed by atoms with E-state index in [0.29, 0.717) is 19.6 Å². The van der Waals surface area contributed by atoms with Gasteiger partial charge in [-0.3, -0.25) is 9.59 Å². The molecule has 5 rings (SSSR count). The summed E-state index contributed by atoms with van der Waals surface area (Å²) in [5, 5.41) is 3.92. The van der Waals surface area contributed by atoms with E-state index in [1.807, 2.05) is 24.4 Å². The number of nitrogens with zero attached hydrogens (tertiary/aromatic N) is 1. The number of carbonyl (C=O) groups is 2. The van der Waals surface area contributed by atoms with E-state index >= 15 is 0 Å². The van der Waals surface area contributed by atoms with E-state index in [0.717, 1.165) is 41.5 Å². The standard InChI is InChI=1S/C20H23N3O4/c1-26-13-3-4-15-14(8-13)12(9-21-15)7-16-19(25)23-11-20(5-2-6-20)27-10-17(23)18(24)22-16/h3-4,8-9,16-17,21H,2,5-7,10-11H2,1H3,(H,22,24). The van der Waals surface area contributed by atoms with Crippen LogP contribution in [0.2, 0.25) is 0 Å². The molecule has 3 heterocycles. The summed E-state index contributed by atoms with van der Waals surface area (Å²) in [6.45, 7) is 0.830. The van der Waals surface area contributed by atoms with Crippen molar-refractivity contribution in [3.05, 3.63) is 30.0 Å². The number of carbonyl (C=O) groups excluding carboxylic acids is 2. The van der Waals surface area contributed by atoms with E-state index in [9.17, 15) is 9.59 Å². The summed E-state index contributed by atoms with van der Waals surface area (Å²) in [6.07, 6.45) is 5.42. The molecule has 2 saturated heterocycles. The van der Waals surface area contributed by atoms with Crippen LogP contribution in [-0.4, -0.2) is 59.6 Å². The third kappa shape index (κ3) is 2.60. The highest BCUT2D eigenvalue weighted by atomic mass is 16.5. The Labute approximate surface area is 157 Å². The topological polar surface area (TPSA) is 83.7 Å². The lowest BCUT2D eigenvalue weighted by atomic mass is 9.78. The number of piperazine rings is 1. The van der Waals surface area contributed by atoms with E-state index in [1.165, 1.54) is 0 Å². The number of nitrogens with one attached hydrogen (secondary N) is 2. The maximum Gasteiger partial charge on any atom is 0.246 e. The van der Waals surface area contributed by atoms with Crippen molar-refractivity contribution in [1.82, 2.24) is 15.2 Å². The number of aromatic amines is 1. The maximum absolute atomic E-state index is 13.1. The largest absolute Gasteiger partial charge is 0.497 e. The number of hydrogen-bond donors (Lipinski definition) is 2. The van der Waals surface area contributed by atoms with Gasteiger partial charge < -0.3 is 24.7 Å². The molecule has 1 aliphatic carbocycles. The summed E-state index contributed by atoms with van der Waals surface area (Å²) in [5.74, 6) is 0.639. The third-order valence-corrected chi connectivity index (χ3v) is 6.25. The molecule has 2 amide bonds. The molecular formula is C20H23N3O4. The number of ether oxygens (including phenoxy) is 2. The number of H-pyrrole nitrogens is 1. The van der Waals surface area contributed by atoms with Crippen LogP contribution in [0.15, 0.2) is 24.4 Å². The second-order valence-electron chi connectivity index (χ2n) is 7.82. The minimum Gasteiger partial charge on any atom is -0.497 e. The van der Waals surface area contributed by atoms with Gasteiger partial charge in [-0.25, -0.2) is 0 Å². The van der Waals surface area contributed by atoms with Crippen LogP contribution in [0.4, 0.5) is 0 Å². The van der Waals surface area contributed by atoms with E-state index in [2.05, 4.69) is 10.3 Å². The van der Waals surface area contributed by atoms with E-state index < -0.39 is 12.1 Å². The number of hydrogen-bond acceptors (Lipinski definition) is 4. The lowest BCUT2D eigenvalue weighted by Crippen LogP contribution is -2.71. The quantitative estimate of drug-likeness (QED) is 0.856. The first-order valence-electron chi connectivity index (χ1n) is 9.47. The first kappa shape index (κ1) is 16.6. The zero-order chi connectivity index (χ0) is 18.6. The molecule has 1 spiro atoms. The number of benzene rings is 1. The minimum absolute atomic E-state index is 0.00794. The van der Waals surface area contributed by atoms with Crippen molar-refractivity contribution in [3.8, 4) is 5.75 Å². The van der Waals surface area contributed by atoms with Crippen molar-refractivity contribution >= 4 is 22.7 Å². The van der Waals surface area contributed by atoms with Crippen molar-refractivity contribution in [3.63, 3.8) is 0 Å². The second-order valence-corrected chi connectivity index (χ2v) is 7.82. The van der Waals surface area contributed by atoms with Gasteiger partial charge in [0.05, 0.1) is 25.9 Å². The molecule has 1 aromatic heterocycles. The Morgan fingerprint density at radius 2 is 2.19 bits per heavy atom. The molecule has 1 saturated carbocycles. The van der Waals surface area contributed by atoms with Crippen LogP contribution in [0.1, 0.15) is 24.8 Å². The van der Waals surface area contributed by atoms with E-state index in [4.69, 9.17) is 9.47 Å². The first-order chi connectivity index (χ1) is 13.1. The fourth-order valence-corrected chi connectivity index (χ4v) is 4.48. The molecule has 1 aromatic carbocycles. The highest BCUT2D eigenvalue weighted by molar-refractivity contribution is 5.98. The van der Waals surface area contributed by atoms with Gasteiger partial charge in [-0.1, -0.05) is 0 Å². The van der Waals surface area contributed by atoms with E-state index in [1.54, 1.807) is 12.0 Å². The molecule has 3 aliphatic rings. The fraction of sp³-hybridized carbons (Fsp3) is 0.500. The zero-order valence-electron chi connectivity index (χ0n) is 15.3. The Morgan fingerprint density at radius 3 is 2.93 bits per heavy atom. The van der Waals surface area contributed by atoms with Gasteiger partial charge in [0.25, 0.3) is 0 Å². The Bertz CT molecular complexity index is 917. The molecule has 7 heteroatoms. The average molecular weight is 369 g/mol. The Hall–Kier alpha value is -2.54. The number of fused-ring (bicyclic) bond motifs is 2. The molecule has 27 heavy (non-hydrogen) atoms. The van der Waals surface area contributed by atoms with Crippen LogP contribution in [0, 0.1) is 0 Å². The van der Waals surface area contributed by atoms with Crippen LogP contribution >= 0.6 is 0 Å². The zero-order valence-corrected chi connectivity index (χ0v) is 15.3. The van der Waals surface area contributed by atoms with Crippen molar-refractivity contribution in [1.29, 1.82) is 0 Å². The predicted octanol–water partition coefficient (Wildman–Crippen LogP) is 1.37. The van der Waals surface area contributed by atoms with Crippen LogP contribution in [0.3, 0.4) is 0 Å². The second kappa shape index (κ2) is 5.99. The Balaban J connectivity index is 1.41. The summed E-state index contributed by atoms with van der Waals surface area (Å²) in [7, 11) is 1.63. The summed E-state index contributed by atoms with van der Waals surface area (Å²) in [5.41, 5.74) is 1.76. The first-order valence-corrected chi connectivity index (χ1v) is 9.47. The molecule has 2 unspecified atom stereocenters. The average Bonchev–Trinajstić information content (AvgIpc) is 3.06. The minimum atomic E-state index is -0.547. The SMILES string of the molecule is COc1ccc2[nH]cc(CC3NC(=O)C4COC5(CCC5)CN4C3=O)c2c1. The van der Waals surface area contributed by atoms with Crippen molar-refractivity contribution in [2.75, 3.05) is 20.3 Å². The molecule has 0 radical (unpaired) electrons. The van der Waals surface area contributed by atoms with Gasteiger partial charge in [0, 0.05) is 23.5 Å². The van der Waals surface area contributed by atoms with Gasteiger partial charge in [-0.2, -0.15) is 0 Å². The third-order valence-electron chi connectivity index (χ3n) is 6.25. The number of amides is 2. The lowest BCUT2D eigenvalue weighted by Gasteiger charge is -2.53. The molecule has 142 valence electrons. The van der Waals surface area contributed by atoms with Crippen molar-refractivity contribution in [2.24, 2.45) is 0 Å². The highest BCUT2D eigenvalue weighted by Gasteiger charge is 2.51. The van der Waals surface area contributed by atoms with Gasteiger partial charge in [0.1, 0.15) is 17.8 Å². The van der Waals surface area contributed by atoms with Gasteiger partial charge in [-0.15, -0.1) is 0 Å². The maximum atomic E-state index is 13.1. The molecule has 3 fully saturated rings. The number of morpholine rings is 1. The summed E-state index contributed by atoms with van der Waals surface area (Å²) in [4.78, 5) is 30.7. The van der Waals surface area contributed by atoms with Crippen LogP contribution < -0.4 is 10.1 Å². The van der Waals surface area contributed by atoms with Crippen molar-refractivity contribution in [2.45, 2.75) is 43.4 Å². The highest BCUT2D eigenvalue weighted by Crippen LogP contribution is 2.40. The summed E-state index contributed by atoms with van der Waals surface area (Å²) >= 11 is 0. The molecule has 0 bridgehead atoms. The molecule has 7 nitrogen and oxygen atoms in total. The van der Waals surface area contributed by atoms with Gasteiger partial charge in [0.15, 0.2) is 0 Å². The van der Waals surface area contributed by atoms with Crippen LogP contribution in [0.25, 0.3) is 10.9 Å².